The zero-order valence-corrected chi connectivity index (χ0v) is 14.1. The molecule has 0 saturated heterocycles. The predicted octanol–water partition coefficient (Wildman–Crippen LogP) is 3.02. The fourth-order valence-electron chi connectivity index (χ4n) is 2.19. The number of ether oxygens (including phenoxy) is 1. The number of phenols is 1. The molecule has 0 radical (unpaired) electrons. The fourth-order valence-corrected chi connectivity index (χ4v) is 2.19. The molecular formula is C17H29N3O2. The Balaban J connectivity index is 2.48. The van der Waals surface area contributed by atoms with Crippen molar-refractivity contribution in [3.8, 4) is 11.5 Å². The Kier molecular flexibility index (Phi) is 7.57. The summed E-state index contributed by atoms with van der Waals surface area (Å²) in [6, 6.07) is 5.36. The number of hydrogen-bond acceptors (Lipinski definition) is 3. The third-order valence-electron chi connectivity index (χ3n) is 3.52. The van der Waals surface area contributed by atoms with Gasteiger partial charge in [-0.3, -0.25) is 0 Å². The van der Waals surface area contributed by atoms with Gasteiger partial charge in [-0.05, 0) is 37.5 Å². The maximum Gasteiger partial charge on any atom is 0.189 e. The van der Waals surface area contributed by atoms with E-state index in [1.807, 2.05) is 0 Å². The molecule has 22 heavy (non-hydrogen) atoms. The van der Waals surface area contributed by atoms with Crippen LogP contribution >= 0.6 is 0 Å². The molecule has 1 atom stereocenters. The Bertz CT molecular complexity index is 487. The molecule has 1 aromatic carbocycles. The van der Waals surface area contributed by atoms with Gasteiger partial charge >= 0.3 is 0 Å². The maximum atomic E-state index is 9.81. The van der Waals surface area contributed by atoms with Gasteiger partial charge in [0.05, 0.1) is 13.7 Å². The van der Waals surface area contributed by atoms with Crippen LogP contribution in [0.3, 0.4) is 0 Å². The fraction of sp³-hybridized carbons (Fsp3) is 0.588. The van der Waals surface area contributed by atoms with E-state index in [2.05, 4.69) is 31.1 Å². The molecule has 4 N–H and O–H groups in total. The van der Waals surface area contributed by atoms with Crippen LogP contribution < -0.4 is 15.8 Å². The van der Waals surface area contributed by atoms with Crippen LogP contribution in [0.5, 0.6) is 11.5 Å². The molecule has 5 nitrogen and oxygen atoms in total. The number of nitrogens with zero attached hydrogens (tertiary/aromatic N) is 1. The van der Waals surface area contributed by atoms with Crippen molar-refractivity contribution in [3.63, 3.8) is 0 Å². The van der Waals surface area contributed by atoms with E-state index in [4.69, 9.17) is 10.5 Å². The Morgan fingerprint density at radius 2 is 2.05 bits per heavy atom. The van der Waals surface area contributed by atoms with Crippen LogP contribution in [0.4, 0.5) is 0 Å². The van der Waals surface area contributed by atoms with Crippen molar-refractivity contribution in [2.45, 2.75) is 52.6 Å². The van der Waals surface area contributed by atoms with Crippen LogP contribution in [0.15, 0.2) is 23.2 Å². The summed E-state index contributed by atoms with van der Waals surface area (Å²) in [5, 5.41) is 13.0. The van der Waals surface area contributed by atoms with Crippen molar-refractivity contribution >= 4 is 5.96 Å². The second-order valence-electron chi connectivity index (χ2n) is 6.07. The summed E-state index contributed by atoms with van der Waals surface area (Å²) in [7, 11) is 1.59. The quantitative estimate of drug-likeness (QED) is 0.509. The van der Waals surface area contributed by atoms with Gasteiger partial charge in [-0.15, -0.1) is 0 Å². The number of nitrogens with one attached hydrogen (secondary N) is 1. The molecule has 124 valence electrons. The first kappa shape index (κ1) is 18.1. The van der Waals surface area contributed by atoms with Crippen molar-refractivity contribution < 1.29 is 9.84 Å². The minimum Gasteiger partial charge on any atom is -0.508 e. The number of methoxy groups -OCH3 is 1. The largest absolute Gasteiger partial charge is 0.508 e. The number of benzene rings is 1. The maximum absolute atomic E-state index is 9.81. The molecule has 1 rings (SSSR count). The summed E-state index contributed by atoms with van der Waals surface area (Å²) < 4.78 is 5.14. The summed E-state index contributed by atoms with van der Waals surface area (Å²) in [5.74, 6) is 2.02. The van der Waals surface area contributed by atoms with Crippen LogP contribution in [0.2, 0.25) is 0 Å². The van der Waals surface area contributed by atoms with Gasteiger partial charge in [0.25, 0.3) is 0 Å². The van der Waals surface area contributed by atoms with E-state index < -0.39 is 0 Å². The Hall–Kier alpha value is -1.91. The molecule has 0 aliphatic heterocycles. The van der Waals surface area contributed by atoms with E-state index in [1.54, 1.807) is 25.3 Å². The summed E-state index contributed by atoms with van der Waals surface area (Å²) in [4.78, 5) is 4.28. The third kappa shape index (κ3) is 6.70. The van der Waals surface area contributed by atoms with Crippen molar-refractivity contribution in [2.75, 3.05) is 7.11 Å². The molecule has 0 bridgehead atoms. The van der Waals surface area contributed by atoms with Gasteiger partial charge in [0, 0.05) is 11.6 Å². The molecule has 0 aliphatic carbocycles. The summed E-state index contributed by atoms with van der Waals surface area (Å²) >= 11 is 0. The van der Waals surface area contributed by atoms with Crippen molar-refractivity contribution in [1.82, 2.24) is 5.32 Å². The van der Waals surface area contributed by atoms with Gasteiger partial charge < -0.3 is 20.9 Å². The first-order valence-electron chi connectivity index (χ1n) is 7.84. The smallest absolute Gasteiger partial charge is 0.189 e. The topological polar surface area (TPSA) is 79.9 Å². The number of phenolic OH excluding ortho intramolecular Hbond substituents is 1. The zero-order valence-electron chi connectivity index (χ0n) is 14.1. The first-order valence-corrected chi connectivity index (χ1v) is 7.84. The number of nitrogens with two attached hydrogens (primary N) is 1. The van der Waals surface area contributed by atoms with Crippen molar-refractivity contribution in [2.24, 2.45) is 16.6 Å². The number of rotatable bonds is 8. The van der Waals surface area contributed by atoms with Gasteiger partial charge in [0.2, 0.25) is 0 Å². The van der Waals surface area contributed by atoms with E-state index in [1.165, 1.54) is 12.8 Å². The van der Waals surface area contributed by atoms with Gasteiger partial charge in [-0.1, -0.05) is 26.7 Å². The average Bonchev–Trinajstić information content (AvgIpc) is 2.46. The Morgan fingerprint density at radius 3 is 2.68 bits per heavy atom. The minimum atomic E-state index is 0.197. The van der Waals surface area contributed by atoms with E-state index in [-0.39, 0.29) is 5.75 Å². The molecule has 0 aliphatic rings. The lowest BCUT2D eigenvalue weighted by atomic mass is 10.0. The van der Waals surface area contributed by atoms with E-state index in [0.717, 1.165) is 12.3 Å². The van der Waals surface area contributed by atoms with Crippen LogP contribution in [0, 0.1) is 5.92 Å². The highest BCUT2D eigenvalue weighted by Crippen LogP contribution is 2.23. The third-order valence-corrected chi connectivity index (χ3v) is 3.52. The van der Waals surface area contributed by atoms with Crippen LogP contribution in [-0.2, 0) is 6.54 Å². The monoisotopic (exact) mass is 307 g/mol. The van der Waals surface area contributed by atoms with E-state index in [0.29, 0.717) is 29.9 Å². The SMILES string of the molecule is COc1ccc(O)c(CN=C(N)NC(C)CCCC(C)C)c1. The van der Waals surface area contributed by atoms with Crippen molar-refractivity contribution in [1.29, 1.82) is 0 Å². The highest BCUT2D eigenvalue weighted by molar-refractivity contribution is 5.78. The number of hydrogen-bond donors (Lipinski definition) is 3. The van der Waals surface area contributed by atoms with E-state index >= 15 is 0 Å². The molecule has 0 spiro atoms. The summed E-state index contributed by atoms with van der Waals surface area (Å²) in [5.41, 5.74) is 6.59. The second kappa shape index (κ2) is 9.18. The average molecular weight is 307 g/mol. The van der Waals surface area contributed by atoms with Crippen LogP contribution in [-0.4, -0.2) is 24.2 Å². The molecule has 0 saturated carbocycles. The molecule has 1 unspecified atom stereocenters. The van der Waals surface area contributed by atoms with Gasteiger partial charge in [-0.25, -0.2) is 4.99 Å². The molecule has 0 amide bonds. The van der Waals surface area contributed by atoms with Gasteiger partial charge in [0.1, 0.15) is 11.5 Å². The molecule has 5 heteroatoms. The van der Waals surface area contributed by atoms with Gasteiger partial charge in [0.15, 0.2) is 5.96 Å². The molecule has 0 fully saturated rings. The molecule has 1 aromatic rings. The lowest BCUT2D eigenvalue weighted by molar-refractivity contribution is 0.411. The van der Waals surface area contributed by atoms with Gasteiger partial charge in [-0.2, -0.15) is 0 Å². The summed E-state index contributed by atoms with van der Waals surface area (Å²) in [6.45, 7) is 6.88. The highest BCUT2D eigenvalue weighted by Gasteiger charge is 2.05. The summed E-state index contributed by atoms with van der Waals surface area (Å²) in [6.07, 6.45) is 3.47. The molecular weight excluding hydrogens is 278 g/mol. The van der Waals surface area contributed by atoms with Crippen LogP contribution in [0.1, 0.15) is 45.6 Å². The molecule has 0 aromatic heterocycles. The normalized spacial score (nSPS) is 13.2. The second-order valence-corrected chi connectivity index (χ2v) is 6.07. The zero-order chi connectivity index (χ0) is 16.5. The molecule has 0 heterocycles. The highest BCUT2D eigenvalue weighted by atomic mass is 16.5. The standard InChI is InChI=1S/C17H29N3O2/c1-12(2)6-5-7-13(3)20-17(18)19-11-14-10-15(22-4)8-9-16(14)21/h8-10,12-13,21H,5-7,11H2,1-4H3,(H3,18,19,20). The Morgan fingerprint density at radius 1 is 1.32 bits per heavy atom. The minimum absolute atomic E-state index is 0.197. The van der Waals surface area contributed by atoms with Crippen molar-refractivity contribution in [3.05, 3.63) is 23.8 Å². The number of guanidine groups is 1. The lowest BCUT2D eigenvalue weighted by Gasteiger charge is -2.15. The lowest BCUT2D eigenvalue weighted by Crippen LogP contribution is -2.38. The number of aromatic hydroxyl groups is 1. The number of aliphatic imine (C=N–C) groups is 1. The van der Waals surface area contributed by atoms with Crippen LogP contribution in [0.25, 0.3) is 0 Å². The van der Waals surface area contributed by atoms with E-state index in [9.17, 15) is 5.11 Å². The predicted molar refractivity (Wildman–Crippen MR) is 91.3 cm³/mol. The Labute approximate surface area is 133 Å². The first-order chi connectivity index (χ1) is 10.4.